The van der Waals surface area contributed by atoms with Gasteiger partial charge in [0.2, 0.25) is 11.7 Å². The third-order valence-electron chi connectivity index (χ3n) is 2.41. The summed E-state index contributed by atoms with van der Waals surface area (Å²) in [6.45, 7) is 0. The molecule has 0 atom stereocenters. The number of rotatable bonds is 4. The van der Waals surface area contributed by atoms with E-state index in [1.54, 1.807) is 18.3 Å². The van der Waals surface area contributed by atoms with Crippen molar-refractivity contribution in [1.82, 2.24) is 15.1 Å². The average Bonchev–Trinajstić information content (AvgIpc) is 3.06. The summed E-state index contributed by atoms with van der Waals surface area (Å²) in [5.41, 5.74) is 6.27. The van der Waals surface area contributed by atoms with E-state index in [2.05, 4.69) is 15.1 Å². The van der Waals surface area contributed by atoms with Gasteiger partial charge in [-0.1, -0.05) is 16.5 Å². The van der Waals surface area contributed by atoms with E-state index in [-0.39, 0.29) is 5.82 Å². The van der Waals surface area contributed by atoms with Crippen LogP contribution in [0.25, 0.3) is 11.4 Å². The third kappa shape index (κ3) is 2.97. The summed E-state index contributed by atoms with van der Waals surface area (Å²) in [6, 6.07) is 5.95. The second kappa shape index (κ2) is 5.59. The SMILES string of the molecule is Nc1ncc(SCc2nc(-c3ccc(F)cc3)no2)s1. The van der Waals surface area contributed by atoms with E-state index in [1.807, 2.05) is 0 Å². The molecule has 0 spiro atoms. The quantitative estimate of drug-likeness (QED) is 0.746. The van der Waals surface area contributed by atoms with Crippen molar-refractivity contribution >= 4 is 28.2 Å². The second-order valence-corrected chi connectivity index (χ2v) is 6.16. The Hall–Kier alpha value is -1.93. The lowest BCUT2D eigenvalue weighted by Gasteiger charge is -1.93. The molecule has 0 fully saturated rings. The Balaban J connectivity index is 1.69. The highest BCUT2D eigenvalue weighted by molar-refractivity contribution is 8.00. The Kier molecular flexibility index (Phi) is 3.66. The standard InChI is InChI=1S/C12H9FN4OS2/c13-8-3-1-7(2-4-8)11-16-9(18-17-11)6-19-10-5-15-12(14)20-10/h1-5H,6H2,(H2,14,15). The van der Waals surface area contributed by atoms with Crippen LogP contribution >= 0.6 is 23.1 Å². The van der Waals surface area contributed by atoms with E-state index < -0.39 is 0 Å². The van der Waals surface area contributed by atoms with Crippen LogP contribution in [0, 0.1) is 5.82 Å². The second-order valence-electron chi connectivity index (χ2n) is 3.82. The number of thiazole rings is 1. The molecule has 0 radical (unpaired) electrons. The smallest absolute Gasteiger partial charge is 0.237 e. The van der Waals surface area contributed by atoms with E-state index in [0.717, 1.165) is 4.21 Å². The van der Waals surface area contributed by atoms with Crippen molar-refractivity contribution in [3.05, 3.63) is 42.2 Å². The lowest BCUT2D eigenvalue weighted by atomic mass is 10.2. The molecule has 2 heterocycles. The van der Waals surface area contributed by atoms with Crippen molar-refractivity contribution in [2.75, 3.05) is 5.73 Å². The molecule has 0 saturated heterocycles. The van der Waals surface area contributed by atoms with Gasteiger partial charge in [0.25, 0.3) is 0 Å². The monoisotopic (exact) mass is 308 g/mol. The Morgan fingerprint density at radius 2 is 2.10 bits per heavy atom. The summed E-state index contributed by atoms with van der Waals surface area (Å²) in [5.74, 6) is 1.19. The van der Waals surface area contributed by atoms with E-state index in [9.17, 15) is 4.39 Å². The van der Waals surface area contributed by atoms with Gasteiger partial charge in [-0.3, -0.25) is 0 Å². The molecule has 2 N–H and O–H groups in total. The van der Waals surface area contributed by atoms with Crippen LogP contribution in [0.15, 0.2) is 39.2 Å². The largest absolute Gasteiger partial charge is 0.375 e. The molecular weight excluding hydrogens is 299 g/mol. The molecule has 3 aromatic rings. The highest BCUT2D eigenvalue weighted by atomic mass is 32.2. The number of hydrogen-bond acceptors (Lipinski definition) is 7. The first kappa shape index (κ1) is 13.1. The Labute approximate surface area is 122 Å². The molecule has 8 heteroatoms. The van der Waals surface area contributed by atoms with Crippen LogP contribution in [0.4, 0.5) is 9.52 Å². The number of nitrogen functional groups attached to an aromatic ring is 1. The predicted octanol–water partition coefficient (Wildman–Crippen LogP) is 3.21. The summed E-state index contributed by atoms with van der Waals surface area (Å²) in [6.07, 6.45) is 1.71. The van der Waals surface area contributed by atoms with Gasteiger partial charge < -0.3 is 10.3 Å². The van der Waals surface area contributed by atoms with Crippen LogP contribution in [-0.4, -0.2) is 15.1 Å². The lowest BCUT2D eigenvalue weighted by molar-refractivity contribution is 0.391. The zero-order chi connectivity index (χ0) is 13.9. The number of aromatic nitrogens is 3. The van der Waals surface area contributed by atoms with Gasteiger partial charge >= 0.3 is 0 Å². The molecule has 0 aliphatic rings. The molecule has 20 heavy (non-hydrogen) atoms. The molecule has 5 nitrogen and oxygen atoms in total. The summed E-state index contributed by atoms with van der Waals surface area (Å²) in [5, 5.41) is 4.41. The summed E-state index contributed by atoms with van der Waals surface area (Å²) in [4.78, 5) is 8.23. The molecule has 2 aromatic heterocycles. The van der Waals surface area contributed by atoms with Gasteiger partial charge in [0.1, 0.15) is 5.82 Å². The van der Waals surface area contributed by atoms with Gasteiger partial charge in [-0.15, -0.1) is 11.8 Å². The van der Waals surface area contributed by atoms with Crippen LogP contribution < -0.4 is 5.73 Å². The van der Waals surface area contributed by atoms with Crippen molar-refractivity contribution in [1.29, 1.82) is 0 Å². The van der Waals surface area contributed by atoms with Gasteiger partial charge in [0, 0.05) is 5.56 Å². The first-order valence-electron chi connectivity index (χ1n) is 5.63. The highest BCUT2D eigenvalue weighted by Gasteiger charge is 2.10. The van der Waals surface area contributed by atoms with Crippen LogP contribution in [0.2, 0.25) is 0 Å². The highest BCUT2D eigenvalue weighted by Crippen LogP contribution is 2.29. The molecule has 102 valence electrons. The van der Waals surface area contributed by atoms with Crippen molar-refractivity contribution in [3.8, 4) is 11.4 Å². The summed E-state index contributed by atoms with van der Waals surface area (Å²) in [7, 11) is 0. The van der Waals surface area contributed by atoms with Crippen LogP contribution in [0.1, 0.15) is 5.89 Å². The molecule has 0 bridgehead atoms. The van der Waals surface area contributed by atoms with E-state index in [0.29, 0.717) is 28.2 Å². The fourth-order valence-corrected chi connectivity index (χ4v) is 3.10. The Morgan fingerprint density at radius 3 is 2.80 bits per heavy atom. The van der Waals surface area contributed by atoms with Gasteiger partial charge in [-0.25, -0.2) is 9.37 Å². The van der Waals surface area contributed by atoms with Crippen molar-refractivity contribution < 1.29 is 8.91 Å². The van der Waals surface area contributed by atoms with Crippen molar-refractivity contribution in [3.63, 3.8) is 0 Å². The summed E-state index contributed by atoms with van der Waals surface area (Å²) >= 11 is 2.93. The van der Waals surface area contributed by atoms with Gasteiger partial charge in [0.15, 0.2) is 5.13 Å². The minimum absolute atomic E-state index is 0.296. The Morgan fingerprint density at radius 1 is 1.30 bits per heavy atom. The van der Waals surface area contributed by atoms with Crippen LogP contribution in [0.3, 0.4) is 0 Å². The first-order valence-corrected chi connectivity index (χ1v) is 7.43. The van der Waals surface area contributed by atoms with Crippen molar-refractivity contribution in [2.45, 2.75) is 9.96 Å². The number of benzene rings is 1. The molecule has 0 amide bonds. The number of nitrogens with two attached hydrogens (primary N) is 1. The minimum atomic E-state index is -0.296. The third-order valence-corrected chi connectivity index (χ3v) is 4.42. The van der Waals surface area contributed by atoms with Gasteiger partial charge in [-0.2, -0.15) is 4.98 Å². The van der Waals surface area contributed by atoms with Gasteiger partial charge in [-0.05, 0) is 24.3 Å². The number of thioether (sulfide) groups is 1. The lowest BCUT2D eigenvalue weighted by Crippen LogP contribution is -1.83. The van der Waals surface area contributed by atoms with Crippen LogP contribution in [-0.2, 0) is 5.75 Å². The van der Waals surface area contributed by atoms with E-state index >= 15 is 0 Å². The first-order chi connectivity index (χ1) is 9.70. The van der Waals surface area contributed by atoms with Crippen molar-refractivity contribution in [2.24, 2.45) is 0 Å². The van der Waals surface area contributed by atoms with E-state index in [4.69, 9.17) is 10.3 Å². The average molecular weight is 308 g/mol. The maximum Gasteiger partial charge on any atom is 0.237 e. The summed E-state index contributed by atoms with van der Waals surface area (Å²) < 4.78 is 19.0. The molecular formula is C12H9FN4OS2. The topological polar surface area (TPSA) is 77.8 Å². The normalized spacial score (nSPS) is 10.8. The minimum Gasteiger partial charge on any atom is -0.375 e. The van der Waals surface area contributed by atoms with Crippen LogP contribution in [0.5, 0.6) is 0 Å². The number of hydrogen-bond donors (Lipinski definition) is 1. The molecule has 0 aliphatic carbocycles. The number of anilines is 1. The fourth-order valence-electron chi connectivity index (χ4n) is 1.50. The molecule has 1 aromatic carbocycles. The molecule has 0 saturated carbocycles. The molecule has 3 rings (SSSR count). The zero-order valence-corrected chi connectivity index (χ0v) is 11.7. The maximum atomic E-state index is 12.8. The van der Waals surface area contributed by atoms with Gasteiger partial charge in [0.05, 0.1) is 16.2 Å². The predicted molar refractivity (Wildman–Crippen MR) is 75.8 cm³/mol. The molecule has 0 unspecified atom stereocenters. The zero-order valence-electron chi connectivity index (χ0n) is 10.1. The number of nitrogens with zero attached hydrogens (tertiary/aromatic N) is 3. The maximum absolute atomic E-state index is 12.8. The van der Waals surface area contributed by atoms with E-state index in [1.165, 1.54) is 35.2 Å². The fraction of sp³-hybridized carbons (Fsp3) is 0.0833. The number of halogens is 1. The Bertz CT molecular complexity index is 710. The molecule has 0 aliphatic heterocycles.